The van der Waals surface area contributed by atoms with Gasteiger partial charge in [0.15, 0.2) is 0 Å². The molecule has 0 heterocycles. The summed E-state index contributed by atoms with van der Waals surface area (Å²) < 4.78 is 56.7. The van der Waals surface area contributed by atoms with E-state index in [2.05, 4.69) is 26.0 Å². The fourth-order valence-corrected chi connectivity index (χ4v) is 4.97. The first-order valence-electron chi connectivity index (χ1n) is 9.34. The van der Waals surface area contributed by atoms with Crippen molar-refractivity contribution in [2.45, 2.75) is 49.5 Å². The first-order valence-corrected chi connectivity index (χ1v) is 11.6. The third kappa shape index (κ3) is 5.61. The molecule has 2 aromatic rings. The molecule has 3 rings (SSSR count). The van der Waals surface area contributed by atoms with Crippen LogP contribution in [0.1, 0.15) is 48.9 Å². The maximum absolute atomic E-state index is 14.2. The lowest BCUT2D eigenvalue weighted by molar-refractivity contribution is 0.102. The SMILES string of the molecule is O=C(Nc1ccc(Br)cc1F)c1cc(S(=O)(=O)NC2CCCCCC2)ccc1F. The van der Waals surface area contributed by atoms with Crippen LogP contribution < -0.4 is 10.0 Å². The normalized spacial score (nSPS) is 15.7. The first kappa shape index (κ1) is 21.9. The Hall–Kier alpha value is -1.84. The second-order valence-corrected chi connectivity index (χ2v) is 9.66. The quantitative estimate of drug-likeness (QED) is 0.585. The molecule has 1 saturated carbocycles. The summed E-state index contributed by atoms with van der Waals surface area (Å²) in [6.07, 6.45) is 5.54. The maximum Gasteiger partial charge on any atom is 0.258 e. The number of rotatable bonds is 5. The Morgan fingerprint density at radius 2 is 1.66 bits per heavy atom. The van der Waals surface area contributed by atoms with Crippen LogP contribution in [0, 0.1) is 11.6 Å². The van der Waals surface area contributed by atoms with E-state index in [0.717, 1.165) is 62.8 Å². The summed E-state index contributed by atoms with van der Waals surface area (Å²) >= 11 is 3.11. The lowest BCUT2D eigenvalue weighted by Gasteiger charge is -2.17. The predicted molar refractivity (Wildman–Crippen MR) is 110 cm³/mol. The van der Waals surface area contributed by atoms with E-state index in [-0.39, 0.29) is 16.6 Å². The fraction of sp³-hybridized carbons (Fsp3) is 0.350. The van der Waals surface area contributed by atoms with Crippen LogP contribution in [0.4, 0.5) is 14.5 Å². The van der Waals surface area contributed by atoms with E-state index in [1.165, 1.54) is 12.1 Å². The van der Waals surface area contributed by atoms with Gasteiger partial charge in [-0.05, 0) is 49.2 Å². The molecule has 0 spiro atoms. The number of anilines is 1. The molecule has 0 saturated heterocycles. The number of amides is 1. The van der Waals surface area contributed by atoms with Gasteiger partial charge in [0.05, 0.1) is 16.1 Å². The second-order valence-electron chi connectivity index (χ2n) is 7.03. The average molecular weight is 487 g/mol. The zero-order chi connectivity index (χ0) is 21.0. The number of sulfonamides is 1. The highest BCUT2D eigenvalue weighted by molar-refractivity contribution is 9.10. The number of halogens is 3. The Bertz CT molecular complexity index is 1010. The van der Waals surface area contributed by atoms with E-state index >= 15 is 0 Å². The van der Waals surface area contributed by atoms with Crippen molar-refractivity contribution in [1.82, 2.24) is 4.72 Å². The number of carbonyl (C=O) groups is 1. The summed E-state index contributed by atoms with van der Waals surface area (Å²) in [5, 5.41) is 2.27. The minimum absolute atomic E-state index is 0.137. The number of hydrogen-bond acceptors (Lipinski definition) is 3. The largest absolute Gasteiger partial charge is 0.319 e. The third-order valence-electron chi connectivity index (χ3n) is 4.85. The summed E-state index contributed by atoms with van der Waals surface area (Å²) in [6.45, 7) is 0. The highest BCUT2D eigenvalue weighted by Crippen LogP contribution is 2.23. The summed E-state index contributed by atoms with van der Waals surface area (Å²) in [7, 11) is -3.91. The van der Waals surface area contributed by atoms with Gasteiger partial charge in [-0.2, -0.15) is 0 Å². The van der Waals surface area contributed by atoms with Gasteiger partial charge in [-0.25, -0.2) is 21.9 Å². The van der Waals surface area contributed by atoms with Crippen molar-refractivity contribution < 1.29 is 22.0 Å². The molecule has 0 bridgehead atoms. The molecular formula is C20H21BrF2N2O3S. The van der Waals surface area contributed by atoms with E-state index in [1.807, 2.05) is 0 Å². The molecule has 5 nitrogen and oxygen atoms in total. The topological polar surface area (TPSA) is 75.3 Å². The zero-order valence-corrected chi connectivity index (χ0v) is 18.0. The summed E-state index contributed by atoms with van der Waals surface area (Å²) in [5.41, 5.74) is -0.612. The van der Waals surface area contributed by atoms with Crippen molar-refractivity contribution >= 4 is 37.5 Å². The standard InChI is InChI=1S/C20H21BrF2N2O3S/c21-13-7-10-19(18(23)11-13)24-20(26)16-12-15(8-9-17(16)22)29(27,28)25-14-5-3-1-2-4-6-14/h7-12,14,25H,1-6H2,(H,24,26). The molecule has 9 heteroatoms. The summed E-state index contributed by atoms with van der Waals surface area (Å²) in [5.74, 6) is -2.53. The van der Waals surface area contributed by atoms with Crippen molar-refractivity contribution in [2.24, 2.45) is 0 Å². The van der Waals surface area contributed by atoms with Gasteiger partial charge in [0, 0.05) is 10.5 Å². The van der Waals surface area contributed by atoms with Crippen LogP contribution in [-0.4, -0.2) is 20.4 Å². The number of nitrogens with one attached hydrogen (secondary N) is 2. The van der Waals surface area contributed by atoms with Gasteiger partial charge in [0.2, 0.25) is 10.0 Å². The fourth-order valence-electron chi connectivity index (χ4n) is 3.31. The molecule has 0 radical (unpaired) electrons. The number of carbonyl (C=O) groups excluding carboxylic acids is 1. The van der Waals surface area contributed by atoms with E-state index in [9.17, 15) is 22.0 Å². The average Bonchev–Trinajstić information content (AvgIpc) is 2.92. The summed E-state index contributed by atoms with van der Waals surface area (Å²) in [4.78, 5) is 12.2. The van der Waals surface area contributed by atoms with E-state index in [0.29, 0.717) is 4.47 Å². The van der Waals surface area contributed by atoms with Crippen molar-refractivity contribution in [3.63, 3.8) is 0 Å². The maximum atomic E-state index is 14.2. The van der Waals surface area contributed by atoms with E-state index in [1.54, 1.807) is 0 Å². The van der Waals surface area contributed by atoms with E-state index in [4.69, 9.17) is 0 Å². The Kier molecular flexibility index (Phi) is 7.02. The minimum atomic E-state index is -3.91. The Morgan fingerprint density at radius 1 is 0.966 bits per heavy atom. The van der Waals surface area contributed by atoms with Crippen LogP contribution in [0.2, 0.25) is 0 Å². The van der Waals surface area contributed by atoms with Crippen LogP contribution in [0.3, 0.4) is 0 Å². The Morgan fingerprint density at radius 3 is 2.31 bits per heavy atom. The smallest absolute Gasteiger partial charge is 0.258 e. The van der Waals surface area contributed by atoms with Crippen LogP contribution in [0.25, 0.3) is 0 Å². The molecule has 1 fully saturated rings. The Balaban J connectivity index is 1.82. The van der Waals surface area contributed by atoms with Crippen LogP contribution in [0.5, 0.6) is 0 Å². The van der Waals surface area contributed by atoms with Gasteiger partial charge in [0.1, 0.15) is 11.6 Å². The van der Waals surface area contributed by atoms with Crippen molar-refractivity contribution in [2.75, 3.05) is 5.32 Å². The molecule has 1 aliphatic rings. The van der Waals surface area contributed by atoms with Gasteiger partial charge >= 0.3 is 0 Å². The lowest BCUT2D eigenvalue weighted by Crippen LogP contribution is -2.34. The molecule has 2 N–H and O–H groups in total. The molecule has 0 atom stereocenters. The van der Waals surface area contributed by atoms with Crippen molar-refractivity contribution in [3.05, 3.63) is 58.1 Å². The molecule has 1 amide bonds. The molecule has 29 heavy (non-hydrogen) atoms. The third-order valence-corrected chi connectivity index (χ3v) is 6.86. The van der Waals surface area contributed by atoms with Gasteiger partial charge in [-0.1, -0.05) is 41.6 Å². The van der Waals surface area contributed by atoms with Gasteiger partial charge in [0.25, 0.3) is 5.91 Å². The lowest BCUT2D eigenvalue weighted by atomic mass is 10.1. The second kappa shape index (κ2) is 9.32. The molecule has 0 unspecified atom stereocenters. The number of hydrogen-bond donors (Lipinski definition) is 2. The van der Waals surface area contributed by atoms with E-state index < -0.39 is 33.1 Å². The first-order chi connectivity index (χ1) is 13.8. The summed E-state index contributed by atoms with van der Waals surface area (Å²) in [6, 6.07) is 6.83. The van der Waals surface area contributed by atoms with Crippen LogP contribution in [0.15, 0.2) is 45.8 Å². The molecule has 1 aliphatic carbocycles. The van der Waals surface area contributed by atoms with Gasteiger partial charge in [-0.3, -0.25) is 4.79 Å². The van der Waals surface area contributed by atoms with Gasteiger partial charge < -0.3 is 5.32 Å². The highest BCUT2D eigenvalue weighted by Gasteiger charge is 2.24. The monoisotopic (exact) mass is 486 g/mol. The van der Waals surface area contributed by atoms with Gasteiger partial charge in [-0.15, -0.1) is 0 Å². The highest BCUT2D eigenvalue weighted by atomic mass is 79.9. The number of benzene rings is 2. The minimum Gasteiger partial charge on any atom is -0.319 e. The molecule has 2 aromatic carbocycles. The van der Waals surface area contributed by atoms with Crippen molar-refractivity contribution in [3.8, 4) is 0 Å². The van der Waals surface area contributed by atoms with Crippen LogP contribution >= 0.6 is 15.9 Å². The Labute approximate surface area is 177 Å². The zero-order valence-electron chi connectivity index (χ0n) is 15.6. The molecular weight excluding hydrogens is 466 g/mol. The molecule has 0 aromatic heterocycles. The molecule has 0 aliphatic heterocycles. The molecule has 156 valence electrons. The van der Waals surface area contributed by atoms with Crippen LogP contribution in [-0.2, 0) is 10.0 Å². The predicted octanol–water partition coefficient (Wildman–Crippen LogP) is 4.98. The van der Waals surface area contributed by atoms with Crippen molar-refractivity contribution in [1.29, 1.82) is 0 Å².